The highest BCUT2D eigenvalue weighted by Crippen LogP contribution is 2.17. The van der Waals surface area contributed by atoms with Crippen molar-refractivity contribution in [3.05, 3.63) is 65.7 Å². The van der Waals surface area contributed by atoms with Crippen LogP contribution in [0.4, 0.5) is 4.39 Å². The first-order chi connectivity index (χ1) is 8.31. The highest BCUT2D eigenvalue weighted by molar-refractivity contribution is 5.88. The van der Waals surface area contributed by atoms with Gasteiger partial charge < -0.3 is 0 Å². The molecule has 0 aliphatic carbocycles. The summed E-state index contributed by atoms with van der Waals surface area (Å²) in [6, 6.07) is 13.6. The van der Waals surface area contributed by atoms with E-state index in [9.17, 15) is 4.39 Å². The van der Waals surface area contributed by atoms with Crippen molar-refractivity contribution in [3.63, 3.8) is 0 Å². The Morgan fingerprint density at radius 3 is 2.59 bits per heavy atom. The van der Waals surface area contributed by atoms with Gasteiger partial charge in [-0.2, -0.15) is 5.26 Å². The molecule has 1 aromatic heterocycles. The zero-order chi connectivity index (χ0) is 12.1. The summed E-state index contributed by atoms with van der Waals surface area (Å²) in [5.74, 6) is -0.351. The SMILES string of the molecule is N#C/C(=C\c1ccccc1F)c1ccccn1. The number of allylic oxidation sites excluding steroid dienone is 1. The topological polar surface area (TPSA) is 36.7 Å². The minimum absolute atomic E-state index is 0.343. The molecule has 2 aromatic rings. The van der Waals surface area contributed by atoms with Gasteiger partial charge in [0, 0.05) is 11.8 Å². The van der Waals surface area contributed by atoms with Crippen LogP contribution in [0.3, 0.4) is 0 Å². The maximum absolute atomic E-state index is 13.4. The van der Waals surface area contributed by atoms with Crippen LogP contribution < -0.4 is 0 Å². The zero-order valence-corrected chi connectivity index (χ0v) is 8.97. The molecule has 0 bridgehead atoms. The van der Waals surface area contributed by atoms with Crippen molar-refractivity contribution < 1.29 is 4.39 Å². The summed E-state index contributed by atoms with van der Waals surface area (Å²) in [5.41, 5.74) is 1.27. The Morgan fingerprint density at radius 1 is 1.18 bits per heavy atom. The van der Waals surface area contributed by atoms with Gasteiger partial charge in [0.15, 0.2) is 0 Å². The maximum atomic E-state index is 13.4. The normalized spacial score (nSPS) is 10.9. The monoisotopic (exact) mass is 224 g/mol. The summed E-state index contributed by atoms with van der Waals surface area (Å²) in [6.07, 6.45) is 3.10. The lowest BCUT2D eigenvalue weighted by Crippen LogP contribution is -1.87. The summed E-state index contributed by atoms with van der Waals surface area (Å²) in [6.45, 7) is 0. The summed E-state index contributed by atoms with van der Waals surface area (Å²) >= 11 is 0. The fraction of sp³-hybridized carbons (Fsp3) is 0. The minimum Gasteiger partial charge on any atom is -0.256 e. The Hall–Kier alpha value is -2.47. The molecule has 0 unspecified atom stereocenters. The van der Waals surface area contributed by atoms with Gasteiger partial charge in [0.1, 0.15) is 11.9 Å². The van der Waals surface area contributed by atoms with Crippen LogP contribution in [0.15, 0.2) is 48.7 Å². The van der Waals surface area contributed by atoms with Crippen LogP contribution in [0.25, 0.3) is 11.6 Å². The highest BCUT2D eigenvalue weighted by atomic mass is 19.1. The van der Waals surface area contributed by atoms with Crippen molar-refractivity contribution in [1.82, 2.24) is 4.98 Å². The molecule has 0 fully saturated rings. The second-order valence-corrected chi connectivity index (χ2v) is 3.41. The zero-order valence-electron chi connectivity index (χ0n) is 8.97. The third-order valence-corrected chi connectivity index (χ3v) is 2.27. The molecule has 3 heteroatoms. The van der Waals surface area contributed by atoms with Crippen LogP contribution in [0, 0.1) is 17.1 Å². The van der Waals surface area contributed by atoms with Crippen molar-refractivity contribution in [2.75, 3.05) is 0 Å². The number of benzene rings is 1. The maximum Gasteiger partial charge on any atom is 0.130 e. The number of nitrogens with zero attached hydrogens (tertiary/aromatic N) is 2. The van der Waals surface area contributed by atoms with Gasteiger partial charge in [-0.3, -0.25) is 4.98 Å². The lowest BCUT2D eigenvalue weighted by Gasteiger charge is -1.99. The first kappa shape index (κ1) is 11.0. The smallest absolute Gasteiger partial charge is 0.130 e. The first-order valence-corrected chi connectivity index (χ1v) is 5.09. The summed E-state index contributed by atoms with van der Waals surface area (Å²) in [4.78, 5) is 4.06. The van der Waals surface area contributed by atoms with E-state index < -0.39 is 0 Å². The third kappa shape index (κ3) is 2.56. The molecule has 0 spiro atoms. The molecule has 0 amide bonds. The van der Waals surface area contributed by atoms with Crippen molar-refractivity contribution >= 4 is 11.6 Å². The van der Waals surface area contributed by atoms with E-state index in [1.54, 1.807) is 42.6 Å². The average Bonchev–Trinajstić information content (AvgIpc) is 2.39. The van der Waals surface area contributed by atoms with Crippen LogP contribution in [-0.2, 0) is 0 Å². The minimum atomic E-state index is -0.351. The molecule has 0 aliphatic heterocycles. The van der Waals surface area contributed by atoms with Gasteiger partial charge in [-0.15, -0.1) is 0 Å². The largest absolute Gasteiger partial charge is 0.256 e. The van der Waals surface area contributed by atoms with Gasteiger partial charge in [-0.1, -0.05) is 24.3 Å². The predicted octanol–water partition coefficient (Wildman–Crippen LogP) is 3.28. The second-order valence-electron chi connectivity index (χ2n) is 3.41. The Kier molecular flexibility index (Phi) is 3.27. The van der Waals surface area contributed by atoms with Crippen LogP contribution in [0.2, 0.25) is 0 Å². The van der Waals surface area contributed by atoms with Gasteiger partial charge >= 0.3 is 0 Å². The molecule has 0 saturated heterocycles. The number of hydrogen-bond acceptors (Lipinski definition) is 2. The molecule has 0 radical (unpaired) electrons. The number of nitriles is 1. The van der Waals surface area contributed by atoms with E-state index in [2.05, 4.69) is 4.98 Å². The van der Waals surface area contributed by atoms with Crippen molar-refractivity contribution in [2.24, 2.45) is 0 Å². The number of pyridine rings is 1. The van der Waals surface area contributed by atoms with Crippen LogP contribution >= 0.6 is 0 Å². The van der Waals surface area contributed by atoms with Gasteiger partial charge in [-0.25, -0.2) is 4.39 Å². The molecule has 0 saturated carbocycles. The van der Waals surface area contributed by atoms with Gasteiger partial charge in [-0.05, 0) is 24.3 Å². The van der Waals surface area contributed by atoms with E-state index in [1.807, 2.05) is 6.07 Å². The van der Waals surface area contributed by atoms with E-state index in [0.29, 0.717) is 16.8 Å². The molecule has 1 aromatic carbocycles. The summed E-state index contributed by atoms with van der Waals surface area (Å²) in [7, 11) is 0. The predicted molar refractivity (Wildman–Crippen MR) is 64.1 cm³/mol. The van der Waals surface area contributed by atoms with Crippen molar-refractivity contribution in [1.29, 1.82) is 5.26 Å². The fourth-order valence-corrected chi connectivity index (χ4v) is 1.43. The molecule has 82 valence electrons. The average molecular weight is 224 g/mol. The highest BCUT2D eigenvalue weighted by Gasteiger charge is 2.03. The summed E-state index contributed by atoms with van der Waals surface area (Å²) < 4.78 is 13.4. The molecule has 0 atom stereocenters. The lowest BCUT2D eigenvalue weighted by molar-refractivity contribution is 0.625. The van der Waals surface area contributed by atoms with Crippen LogP contribution in [0.5, 0.6) is 0 Å². The molecular formula is C14H9FN2. The van der Waals surface area contributed by atoms with Crippen molar-refractivity contribution in [2.45, 2.75) is 0 Å². The molecular weight excluding hydrogens is 215 g/mol. The second kappa shape index (κ2) is 5.04. The van der Waals surface area contributed by atoms with Gasteiger partial charge in [0.25, 0.3) is 0 Å². The van der Waals surface area contributed by atoms with E-state index in [-0.39, 0.29) is 5.82 Å². The van der Waals surface area contributed by atoms with Crippen molar-refractivity contribution in [3.8, 4) is 6.07 Å². The Labute approximate surface area is 98.7 Å². The molecule has 2 rings (SSSR count). The third-order valence-electron chi connectivity index (χ3n) is 2.27. The molecule has 0 aliphatic rings. The number of hydrogen-bond donors (Lipinski definition) is 0. The molecule has 17 heavy (non-hydrogen) atoms. The Morgan fingerprint density at radius 2 is 1.94 bits per heavy atom. The van der Waals surface area contributed by atoms with E-state index in [1.165, 1.54) is 12.1 Å². The quantitative estimate of drug-likeness (QED) is 0.734. The number of rotatable bonds is 2. The van der Waals surface area contributed by atoms with Gasteiger partial charge in [0.05, 0.1) is 11.3 Å². The molecule has 2 nitrogen and oxygen atoms in total. The Bertz CT molecular complexity index is 583. The van der Waals surface area contributed by atoms with E-state index in [4.69, 9.17) is 5.26 Å². The van der Waals surface area contributed by atoms with Crippen LogP contribution in [0.1, 0.15) is 11.3 Å². The van der Waals surface area contributed by atoms with Crippen LogP contribution in [-0.4, -0.2) is 4.98 Å². The molecule has 0 N–H and O–H groups in total. The van der Waals surface area contributed by atoms with E-state index in [0.717, 1.165) is 0 Å². The summed E-state index contributed by atoms with van der Waals surface area (Å²) in [5, 5.41) is 9.05. The van der Waals surface area contributed by atoms with Gasteiger partial charge in [0.2, 0.25) is 0 Å². The Balaban J connectivity index is 2.45. The first-order valence-electron chi connectivity index (χ1n) is 5.09. The molecule has 1 heterocycles. The fourth-order valence-electron chi connectivity index (χ4n) is 1.43. The number of halogens is 1. The number of aromatic nitrogens is 1. The van der Waals surface area contributed by atoms with E-state index >= 15 is 0 Å². The lowest BCUT2D eigenvalue weighted by atomic mass is 10.1. The standard InChI is InChI=1S/C14H9FN2/c15-13-6-2-1-5-11(13)9-12(10-16)14-7-3-4-8-17-14/h1-9H/b12-9+.